The molecule has 2 heterocycles. The molecule has 1 atom stereocenters. The number of carboxylic acid groups (broad SMARTS) is 1. The van der Waals surface area contributed by atoms with E-state index >= 15 is 0 Å². The molecule has 0 radical (unpaired) electrons. The van der Waals surface area contributed by atoms with Crippen molar-refractivity contribution in [1.29, 1.82) is 0 Å². The number of aromatic amines is 1. The molecule has 2 aromatic heterocycles. The maximum atomic E-state index is 11.7. The van der Waals surface area contributed by atoms with E-state index in [0.29, 0.717) is 5.16 Å². The Labute approximate surface area is 110 Å². The number of thioether (sulfide) groups is 1. The van der Waals surface area contributed by atoms with Crippen molar-refractivity contribution < 1.29 is 9.90 Å². The van der Waals surface area contributed by atoms with E-state index in [9.17, 15) is 9.59 Å². The van der Waals surface area contributed by atoms with Gasteiger partial charge < -0.3 is 5.11 Å². The van der Waals surface area contributed by atoms with Crippen LogP contribution in [0.3, 0.4) is 0 Å². The first kappa shape index (κ1) is 12.8. The first-order valence-corrected chi connectivity index (χ1v) is 6.87. The minimum absolute atomic E-state index is 0.144. The number of hydrogen-bond donors (Lipinski definition) is 2. The molecule has 0 bridgehead atoms. The highest BCUT2D eigenvalue weighted by Gasteiger charge is 2.19. The Morgan fingerprint density at radius 3 is 3.11 bits per heavy atom. The SMILES string of the molecule is CC(c1nccs1)n1c(SCC(=O)O)n[nH]c1=O. The molecule has 0 fully saturated rings. The maximum Gasteiger partial charge on any atom is 0.344 e. The van der Waals surface area contributed by atoms with Gasteiger partial charge in [0.05, 0.1) is 11.8 Å². The van der Waals surface area contributed by atoms with Crippen LogP contribution in [0, 0.1) is 0 Å². The van der Waals surface area contributed by atoms with E-state index in [1.165, 1.54) is 15.9 Å². The van der Waals surface area contributed by atoms with E-state index in [2.05, 4.69) is 15.2 Å². The molecule has 2 rings (SSSR count). The lowest BCUT2D eigenvalue weighted by atomic mass is 10.3. The van der Waals surface area contributed by atoms with E-state index in [4.69, 9.17) is 5.11 Å². The average molecular weight is 286 g/mol. The van der Waals surface area contributed by atoms with Gasteiger partial charge >= 0.3 is 11.7 Å². The van der Waals surface area contributed by atoms with Crippen LogP contribution in [-0.4, -0.2) is 36.6 Å². The summed E-state index contributed by atoms with van der Waals surface area (Å²) in [6.45, 7) is 1.82. The van der Waals surface area contributed by atoms with Crippen LogP contribution in [0.15, 0.2) is 21.5 Å². The number of nitrogens with zero attached hydrogens (tertiary/aromatic N) is 3. The lowest BCUT2D eigenvalue weighted by Gasteiger charge is -2.10. The molecule has 96 valence electrons. The molecule has 0 aliphatic rings. The number of aliphatic carboxylic acids is 1. The number of carboxylic acids is 1. The molecule has 0 spiro atoms. The molecule has 0 aromatic carbocycles. The summed E-state index contributed by atoms with van der Waals surface area (Å²) in [5, 5.41) is 17.7. The van der Waals surface area contributed by atoms with Gasteiger partial charge in [-0.3, -0.25) is 9.36 Å². The maximum absolute atomic E-state index is 11.7. The van der Waals surface area contributed by atoms with Crippen LogP contribution in [0.1, 0.15) is 18.0 Å². The molecule has 0 amide bonds. The van der Waals surface area contributed by atoms with Crippen LogP contribution in [0.2, 0.25) is 0 Å². The normalized spacial score (nSPS) is 12.5. The predicted octanol–water partition coefficient (Wildman–Crippen LogP) is 0.814. The van der Waals surface area contributed by atoms with Crippen LogP contribution in [-0.2, 0) is 4.79 Å². The largest absolute Gasteiger partial charge is 0.481 e. The van der Waals surface area contributed by atoms with Gasteiger partial charge in [0.15, 0.2) is 5.16 Å². The summed E-state index contributed by atoms with van der Waals surface area (Å²) in [6.07, 6.45) is 1.66. The number of carbonyl (C=O) groups is 1. The number of H-pyrrole nitrogens is 1. The zero-order chi connectivity index (χ0) is 13.1. The van der Waals surface area contributed by atoms with E-state index in [0.717, 1.165) is 16.8 Å². The quantitative estimate of drug-likeness (QED) is 0.789. The van der Waals surface area contributed by atoms with Crippen molar-refractivity contribution >= 4 is 29.1 Å². The Kier molecular flexibility index (Phi) is 3.82. The molecule has 18 heavy (non-hydrogen) atoms. The van der Waals surface area contributed by atoms with Crippen LogP contribution in [0.5, 0.6) is 0 Å². The van der Waals surface area contributed by atoms with E-state index in [1.54, 1.807) is 6.20 Å². The Morgan fingerprint density at radius 1 is 1.72 bits per heavy atom. The van der Waals surface area contributed by atoms with E-state index in [-0.39, 0.29) is 17.5 Å². The summed E-state index contributed by atoms with van der Waals surface area (Å²) >= 11 is 2.43. The number of aromatic nitrogens is 4. The zero-order valence-electron chi connectivity index (χ0n) is 9.36. The van der Waals surface area contributed by atoms with E-state index in [1.807, 2.05) is 12.3 Å². The molecule has 2 N–H and O–H groups in total. The Morgan fingerprint density at radius 2 is 2.50 bits per heavy atom. The summed E-state index contributed by atoms with van der Waals surface area (Å²) < 4.78 is 1.41. The minimum atomic E-state index is -0.955. The smallest absolute Gasteiger partial charge is 0.344 e. The molecular weight excluding hydrogens is 276 g/mol. The van der Waals surface area contributed by atoms with Crippen LogP contribution >= 0.6 is 23.1 Å². The Hall–Kier alpha value is -1.61. The number of nitrogens with one attached hydrogen (secondary N) is 1. The average Bonchev–Trinajstić information content (AvgIpc) is 2.94. The zero-order valence-corrected chi connectivity index (χ0v) is 11.0. The standard InChI is InChI=1S/C9H10N4O3S2/c1-5(7-10-2-3-17-7)13-8(16)11-12-9(13)18-4-6(14)15/h2-3,5H,4H2,1H3,(H,11,16)(H,14,15). The van der Waals surface area contributed by atoms with Gasteiger partial charge in [-0.1, -0.05) is 11.8 Å². The van der Waals surface area contributed by atoms with Crippen molar-refractivity contribution in [3.05, 3.63) is 27.1 Å². The topological polar surface area (TPSA) is 101 Å². The van der Waals surface area contributed by atoms with Gasteiger partial charge in [0, 0.05) is 11.6 Å². The first-order chi connectivity index (χ1) is 8.59. The van der Waals surface area contributed by atoms with Gasteiger partial charge in [0.2, 0.25) is 0 Å². The molecule has 0 saturated carbocycles. The summed E-state index contributed by atoms with van der Waals surface area (Å²) in [6, 6.07) is -0.271. The third-order valence-electron chi connectivity index (χ3n) is 2.19. The number of hydrogen-bond acceptors (Lipinski definition) is 6. The van der Waals surface area contributed by atoms with Gasteiger partial charge in [-0.15, -0.1) is 16.4 Å². The van der Waals surface area contributed by atoms with Crippen LogP contribution < -0.4 is 5.69 Å². The van der Waals surface area contributed by atoms with Crippen LogP contribution in [0.25, 0.3) is 0 Å². The highest BCUT2D eigenvalue weighted by molar-refractivity contribution is 7.99. The van der Waals surface area contributed by atoms with Crippen molar-refractivity contribution in [2.75, 3.05) is 5.75 Å². The summed E-state index contributed by atoms with van der Waals surface area (Å²) in [5.74, 6) is -1.10. The Balaban J connectivity index is 2.29. The van der Waals surface area contributed by atoms with E-state index < -0.39 is 5.97 Å². The molecule has 7 nitrogen and oxygen atoms in total. The van der Waals surface area contributed by atoms with Gasteiger partial charge in [-0.25, -0.2) is 14.9 Å². The third kappa shape index (κ3) is 2.62. The van der Waals surface area contributed by atoms with Crippen molar-refractivity contribution in [1.82, 2.24) is 19.7 Å². The fourth-order valence-electron chi connectivity index (χ4n) is 1.41. The van der Waals surface area contributed by atoms with Gasteiger partial charge in [0.1, 0.15) is 5.01 Å². The highest BCUT2D eigenvalue weighted by Crippen LogP contribution is 2.23. The Bertz CT molecular complexity index is 589. The first-order valence-electron chi connectivity index (χ1n) is 5.00. The molecular formula is C9H10N4O3S2. The molecule has 0 aliphatic heterocycles. The van der Waals surface area contributed by atoms with Crippen molar-refractivity contribution in [2.45, 2.75) is 18.1 Å². The fraction of sp³-hybridized carbons (Fsp3) is 0.333. The van der Waals surface area contributed by atoms with Crippen LogP contribution in [0.4, 0.5) is 0 Å². The molecule has 0 saturated heterocycles. The van der Waals surface area contributed by atoms with Gasteiger partial charge in [0.25, 0.3) is 0 Å². The van der Waals surface area contributed by atoms with Crippen molar-refractivity contribution in [3.8, 4) is 0 Å². The number of rotatable bonds is 5. The summed E-state index contributed by atoms with van der Waals surface area (Å²) in [7, 11) is 0. The second kappa shape index (κ2) is 5.36. The molecule has 0 aliphatic carbocycles. The van der Waals surface area contributed by atoms with Gasteiger partial charge in [-0.2, -0.15) is 0 Å². The lowest BCUT2D eigenvalue weighted by molar-refractivity contribution is -0.133. The fourth-order valence-corrected chi connectivity index (χ4v) is 2.84. The second-order valence-corrected chi connectivity index (χ2v) is 5.28. The number of thiazole rings is 1. The summed E-state index contributed by atoms with van der Waals surface area (Å²) in [5.41, 5.74) is -0.370. The van der Waals surface area contributed by atoms with Gasteiger partial charge in [-0.05, 0) is 6.92 Å². The highest BCUT2D eigenvalue weighted by atomic mass is 32.2. The third-order valence-corrected chi connectivity index (χ3v) is 4.08. The minimum Gasteiger partial charge on any atom is -0.481 e. The van der Waals surface area contributed by atoms with Crippen molar-refractivity contribution in [2.24, 2.45) is 0 Å². The summed E-state index contributed by atoms with van der Waals surface area (Å²) in [4.78, 5) is 26.4. The molecule has 2 aromatic rings. The molecule has 1 unspecified atom stereocenters. The lowest BCUT2D eigenvalue weighted by Crippen LogP contribution is -2.22. The monoisotopic (exact) mass is 286 g/mol. The van der Waals surface area contributed by atoms with Crippen molar-refractivity contribution in [3.63, 3.8) is 0 Å². The molecule has 9 heteroatoms. The second-order valence-electron chi connectivity index (χ2n) is 3.41. The predicted molar refractivity (Wildman–Crippen MR) is 67.1 cm³/mol.